The molecule has 118 valence electrons. The van der Waals surface area contributed by atoms with Gasteiger partial charge in [0.05, 0.1) is 17.1 Å². The molecule has 3 aromatic rings. The summed E-state index contributed by atoms with van der Waals surface area (Å²) in [5, 5.41) is 7.45. The van der Waals surface area contributed by atoms with Gasteiger partial charge >= 0.3 is 0 Å². The number of carbonyl (C=O) groups excluding carboxylic acids is 1. The van der Waals surface area contributed by atoms with Crippen LogP contribution in [0.2, 0.25) is 0 Å². The van der Waals surface area contributed by atoms with E-state index in [2.05, 4.69) is 20.4 Å². The van der Waals surface area contributed by atoms with Crippen LogP contribution >= 0.6 is 0 Å². The first-order valence-electron chi connectivity index (χ1n) is 8.03. The van der Waals surface area contributed by atoms with Gasteiger partial charge in [0.25, 0.3) is 5.91 Å². The zero-order valence-electron chi connectivity index (χ0n) is 12.8. The fourth-order valence-electron chi connectivity index (χ4n) is 3.32. The number of H-pyrrole nitrogens is 1. The summed E-state index contributed by atoms with van der Waals surface area (Å²) in [5.41, 5.74) is 2.29. The lowest BCUT2D eigenvalue weighted by Crippen LogP contribution is -2.38. The van der Waals surface area contributed by atoms with E-state index in [1.165, 1.54) is 0 Å². The van der Waals surface area contributed by atoms with Gasteiger partial charge in [-0.1, -0.05) is 0 Å². The maximum Gasteiger partial charge on any atom is 0.268 e. The van der Waals surface area contributed by atoms with Gasteiger partial charge in [-0.25, -0.2) is 0 Å². The molecule has 0 bridgehead atoms. The minimum Gasteiger partial charge on any atom is -0.349 e. The Morgan fingerprint density at radius 1 is 1.22 bits per heavy atom. The minimum absolute atomic E-state index is 0.0504. The number of pyridine rings is 1. The molecular weight excluding hydrogens is 290 g/mol. The summed E-state index contributed by atoms with van der Waals surface area (Å²) in [4.78, 5) is 19.8. The van der Waals surface area contributed by atoms with Crippen LogP contribution < -0.4 is 5.32 Å². The first-order chi connectivity index (χ1) is 11.3. The zero-order chi connectivity index (χ0) is 15.6. The summed E-state index contributed by atoms with van der Waals surface area (Å²) in [6.45, 7) is 0. The SMILES string of the molecule is O=C(NC1CCC(n2cccn2)CC1)c1cc2ncccc2[nH]1. The van der Waals surface area contributed by atoms with Crippen molar-refractivity contribution < 1.29 is 4.79 Å². The topological polar surface area (TPSA) is 75.6 Å². The number of hydrogen-bond donors (Lipinski definition) is 2. The number of aromatic nitrogens is 4. The van der Waals surface area contributed by atoms with E-state index in [1.54, 1.807) is 12.3 Å². The Bertz CT molecular complexity index is 766. The Labute approximate surface area is 133 Å². The summed E-state index contributed by atoms with van der Waals surface area (Å²) in [6, 6.07) is 8.23. The maximum atomic E-state index is 12.4. The highest BCUT2D eigenvalue weighted by Gasteiger charge is 2.24. The highest BCUT2D eigenvalue weighted by Crippen LogP contribution is 2.28. The van der Waals surface area contributed by atoms with Crippen molar-refractivity contribution in [2.24, 2.45) is 0 Å². The van der Waals surface area contributed by atoms with Crippen LogP contribution in [-0.2, 0) is 0 Å². The van der Waals surface area contributed by atoms with E-state index in [1.807, 2.05) is 35.3 Å². The summed E-state index contributed by atoms with van der Waals surface area (Å²) in [6.07, 6.45) is 9.61. The van der Waals surface area contributed by atoms with E-state index in [9.17, 15) is 4.79 Å². The molecule has 6 heteroatoms. The molecule has 23 heavy (non-hydrogen) atoms. The molecule has 0 aliphatic heterocycles. The number of hydrogen-bond acceptors (Lipinski definition) is 3. The Kier molecular flexibility index (Phi) is 3.57. The van der Waals surface area contributed by atoms with Crippen molar-refractivity contribution in [1.29, 1.82) is 0 Å². The van der Waals surface area contributed by atoms with Crippen molar-refractivity contribution in [2.75, 3.05) is 0 Å². The van der Waals surface area contributed by atoms with Crippen molar-refractivity contribution in [3.8, 4) is 0 Å². The molecule has 0 saturated heterocycles. The summed E-state index contributed by atoms with van der Waals surface area (Å²) in [5.74, 6) is -0.0504. The number of nitrogens with one attached hydrogen (secondary N) is 2. The van der Waals surface area contributed by atoms with Crippen LogP contribution in [0.15, 0.2) is 42.9 Å². The second kappa shape index (κ2) is 5.87. The third-order valence-corrected chi connectivity index (χ3v) is 4.56. The van der Waals surface area contributed by atoms with Crippen molar-refractivity contribution in [3.05, 3.63) is 48.5 Å². The molecule has 0 unspecified atom stereocenters. The predicted octanol–water partition coefficient (Wildman–Crippen LogP) is 2.67. The molecule has 3 aromatic heterocycles. The van der Waals surface area contributed by atoms with Crippen molar-refractivity contribution in [3.63, 3.8) is 0 Å². The molecule has 1 saturated carbocycles. The highest BCUT2D eigenvalue weighted by atomic mass is 16.1. The molecule has 3 heterocycles. The van der Waals surface area contributed by atoms with Crippen LogP contribution in [0.1, 0.15) is 42.2 Å². The number of rotatable bonds is 3. The van der Waals surface area contributed by atoms with Crippen LogP contribution in [0.5, 0.6) is 0 Å². The van der Waals surface area contributed by atoms with Crippen molar-refractivity contribution in [2.45, 2.75) is 37.8 Å². The van der Waals surface area contributed by atoms with E-state index in [-0.39, 0.29) is 11.9 Å². The van der Waals surface area contributed by atoms with Crippen LogP contribution in [0.25, 0.3) is 11.0 Å². The Morgan fingerprint density at radius 2 is 2.09 bits per heavy atom. The maximum absolute atomic E-state index is 12.4. The first-order valence-corrected chi connectivity index (χ1v) is 8.03. The van der Waals surface area contributed by atoms with E-state index >= 15 is 0 Å². The van der Waals surface area contributed by atoms with Crippen molar-refractivity contribution >= 4 is 16.9 Å². The molecule has 1 aliphatic rings. The predicted molar refractivity (Wildman–Crippen MR) is 87.1 cm³/mol. The van der Waals surface area contributed by atoms with Crippen LogP contribution in [-0.4, -0.2) is 31.7 Å². The first kappa shape index (κ1) is 14.0. The zero-order valence-corrected chi connectivity index (χ0v) is 12.8. The van der Waals surface area contributed by atoms with E-state index in [0.717, 1.165) is 36.7 Å². The molecule has 0 aromatic carbocycles. The monoisotopic (exact) mass is 309 g/mol. The summed E-state index contributed by atoms with van der Waals surface area (Å²) in [7, 11) is 0. The lowest BCUT2D eigenvalue weighted by Gasteiger charge is -2.29. The fraction of sp³-hybridized carbons (Fsp3) is 0.353. The Morgan fingerprint density at radius 3 is 2.83 bits per heavy atom. The third-order valence-electron chi connectivity index (χ3n) is 4.56. The third kappa shape index (κ3) is 2.84. The van der Waals surface area contributed by atoms with Gasteiger partial charge in [0.2, 0.25) is 0 Å². The molecule has 2 N–H and O–H groups in total. The molecular formula is C17H19N5O. The molecule has 1 aliphatic carbocycles. The Balaban J connectivity index is 1.38. The normalized spacial score (nSPS) is 21.4. The van der Waals surface area contributed by atoms with E-state index in [0.29, 0.717) is 11.7 Å². The van der Waals surface area contributed by atoms with Gasteiger partial charge in [-0.3, -0.25) is 14.5 Å². The van der Waals surface area contributed by atoms with Crippen LogP contribution in [0, 0.1) is 0 Å². The van der Waals surface area contributed by atoms with Crippen molar-refractivity contribution in [1.82, 2.24) is 25.1 Å². The molecule has 4 rings (SSSR count). The minimum atomic E-state index is -0.0504. The lowest BCUT2D eigenvalue weighted by molar-refractivity contribution is 0.0917. The second-order valence-electron chi connectivity index (χ2n) is 6.08. The van der Waals surface area contributed by atoms with Gasteiger partial charge in [0.15, 0.2) is 0 Å². The molecule has 1 fully saturated rings. The molecule has 0 spiro atoms. The lowest BCUT2D eigenvalue weighted by atomic mass is 9.91. The average Bonchev–Trinajstić information content (AvgIpc) is 3.25. The number of nitrogens with zero attached hydrogens (tertiary/aromatic N) is 3. The smallest absolute Gasteiger partial charge is 0.268 e. The van der Waals surface area contributed by atoms with Gasteiger partial charge in [-0.2, -0.15) is 5.10 Å². The van der Waals surface area contributed by atoms with Gasteiger partial charge in [0, 0.05) is 24.6 Å². The van der Waals surface area contributed by atoms with Gasteiger partial charge < -0.3 is 10.3 Å². The number of carbonyl (C=O) groups is 1. The van der Waals surface area contributed by atoms with Crippen LogP contribution in [0.3, 0.4) is 0 Å². The molecule has 6 nitrogen and oxygen atoms in total. The average molecular weight is 309 g/mol. The quantitative estimate of drug-likeness (QED) is 0.781. The van der Waals surface area contributed by atoms with Gasteiger partial charge in [-0.15, -0.1) is 0 Å². The van der Waals surface area contributed by atoms with Gasteiger partial charge in [0.1, 0.15) is 5.69 Å². The van der Waals surface area contributed by atoms with Crippen LogP contribution in [0.4, 0.5) is 0 Å². The number of aromatic amines is 1. The van der Waals surface area contributed by atoms with E-state index in [4.69, 9.17) is 0 Å². The standard InChI is InChI=1S/C17H19N5O/c23-17(16-11-15-14(21-16)3-1-8-18-15)20-12-4-6-13(7-5-12)22-10-2-9-19-22/h1-3,8-13,21H,4-7H2,(H,20,23). The number of amides is 1. The highest BCUT2D eigenvalue weighted by molar-refractivity contribution is 5.97. The largest absolute Gasteiger partial charge is 0.349 e. The number of fused-ring (bicyclic) bond motifs is 1. The summed E-state index contributed by atoms with van der Waals surface area (Å²) >= 11 is 0. The van der Waals surface area contributed by atoms with E-state index < -0.39 is 0 Å². The van der Waals surface area contributed by atoms with Gasteiger partial charge in [-0.05, 0) is 49.9 Å². The molecule has 0 radical (unpaired) electrons. The fourth-order valence-corrected chi connectivity index (χ4v) is 3.32. The summed E-state index contributed by atoms with van der Waals surface area (Å²) < 4.78 is 2.03. The second-order valence-corrected chi connectivity index (χ2v) is 6.08. The molecule has 1 amide bonds. The molecule has 0 atom stereocenters. The Hall–Kier alpha value is -2.63.